The molecule has 0 amide bonds. The minimum absolute atomic E-state index is 0.296. The summed E-state index contributed by atoms with van der Waals surface area (Å²) in [7, 11) is 0. The number of thioether (sulfide) groups is 1. The second kappa shape index (κ2) is 4.44. The van der Waals surface area contributed by atoms with E-state index < -0.39 is 6.10 Å². The summed E-state index contributed by atoms with van der Waals surface area (Å²) in [6.07, 6.45) is -0.0621. The average molecular weight is 291 g/mol. The van der Waals surface area contributed by atoms with E-state index in [9.17, 15) is 9.50 Å². The molecule has 4 heteroatoms. The molecule has 0 fully saturated rings. The lowest BCUT2D eigenvalue weighted by Crippen LogP contribution is -2.06. The quantitative estimate of drug-likeness (QED) is 0.787. The number of aliphatic hydroxyl groups excluding tert-OH is 1. The number of hydrogen-bond acceptors (Lipinski definition) is 2. The van der Waals surface area contributed by atoms with Gasteiger partial charge in [-0.2, -0.15) is 11.8 Å². The molecule has 1 aliphatic heterocycles. The highest BCUT2D eigenvalue weighted by Gasteiger charge is 2.25. The van der Waals surface area contributed by atoms with Crippen molar-refractivity contribution >= 4 is 27.7 Å². The molecule has 1 N–H and O–H groups in total. The Kier molecular flexibility index (Phi) is 3.38. The van der Waals surface area contributed by atoms with E-state index in [4.69, 9.17) is 0 Å². The number of rotatable bonds is 0. The van der Waals surface area contributed by atoms with Crippen molar-refractivity contribution in [2.24, 2.45) is 0 Å². The monoisotopic (exact) mass is 290 g/mol. The summed E-state index contributed by atoms with van der Waals surface area (Å²) in [4.78, 5) is 0. The first-order chi connectivity index (χ1) is 7.09. The van der Waals surface area contributed by atoms with Crippen molar-refractivity contribution in [3.63, 3.8) is 0 Å². The molecule has 1 aromatic rings. The molecular formula is C11H12BrFOS. The lowest BCUT2D eigenvalue weighted by Gasteiger charge is -2.14. The van der Waals surface area contributed by atoms with Gasteiger partial charge in [-0.25, -0.2) is 4.39 Å². The fourth-order valence-corrected chi connectivity index (χ4v) is 3.59. The normalized spacial score (nSPS) is 25.9. The Morgan fingerprint density at radius 3 is 3.00 bits per heavy atom. The van der Waals surface area contributed by atoms with Gasteiger partial charge in [-0.1, -0.05) is 22.9 Å². The molecule has 2 unspecified atom stereocenters. The summed E-state index contributed by atoms with van der Waals surface area (Å²) in [5, 5.41) is 10.3. The van der Waals surface area contributed by atoms with Crippen LogP contribution in [0.5, 0.6) is 0 Å². The first-order valence-corrected chi connectivity index (χ1v) is 6.70. The van der Waals surface area contributed by atoms with Gasteiger partial charge in [-0.05, 0) is 24.1 Å². The maximum Gasteiger partial charge on any atom is 0.129 e. The van der Waals surface area contributed by atoms with E-state index in [-0.39, 0.29) is 5.82 Å². The number of aliphatic hydroxyl groups is 1. The second-order valence-corrected chi connectivity index (χ2v) is 6.08. The minimum atomic E-state index is -0.678. The molecule has 15 heavy (non-hydrogen) atoms. The van der Waals surface area contributed by atoms with Crippen LogP contribution < -0.4 is 0 Å². The maximum atomic E-state index is 13.6. The van der Waals surface area contributed by atoms with Gasteiger partial charge in [0.05, 0.1) is 6.10 Å². The van der Waals surface area contributed by atoms with E-state index in [1.807, 2.05) is 0 Å². The molecule has 1 aliphatic rings. The second-order valence-electron chi connectivity index (χ2n) is 3.79. The van der Waals surface area contributed by atoms with Crippen LogP contribution in [-0.2, 0) is 5.75 Å². The van der Waals surface area contributed by atoms with Crippen molar-refractivity contribution in [1.82, 2.24) is 0 Å². The molecule has 0 bridgehead atoms. The zero-order valence-corrected chi connectivity index (χ0v) is 10.7. The molecule has 0 spiro atoms. The van der Waals surface area contributed by atoms with Crippen molar-refractivity contribution in [1.29, 1.82) is 0 Å². The fourth-order valence-electron chi connectivity index (χ4n) is 1.84. The molecule has 82 valence electrons. The van der Waals surface area contributed by atoms with Crippen molar-refractivity contribution in [3.05, 3.63) is 33.5 Å². The molecule has 1 aromatic carbocycles. The van der Waals surface area contributed by atoms with Gasteiger partial charge in [0.2, 0.25) is 0 Å². The predicted molar refractivity (Wildman–Crippen MR) is 64.4 cm³/mol. The van der Waals surface area contributed by atoms with Gasteiger partial charge in [-0.3, -0.25) is 0 Å². The van der Waals surface area contributed by atoms with Crippen molar-refractivity contribution < 1.29 is 9.50 Å². The van der Waals surface area contributed by atoms with Gasteiger partial charge in [-0.15, -0.1) is 0 Å². The Balaban J connectivity index is 2.52. The molecule has 0 aliphatic carbocycles. The van der Waals surface area contributed by atoms with Gasteiger partial charge < -0.3 is 5.11 Å². The maximum absolute atomic E-state index is 13.6. The first kappa shape index (κ1) is 11.4. The molecule has 0 aromatic heterocycles. The van der Waals surface area contributed by atoms with Gasteiger partial charge in [0.25, 0.3) is 0 Å². The van der Waals surface area contributed by atoms with E-state index in [1.54, 1.807) is 17.8 Å². The lowest BCUT2D eigenvalue weighted by atomic mass is 10.00. The Morgan fingerprint density at radius 1 is 1.53 bits per heavy atom. The van der Waals surface area contributed by atoms with E-state index in [1.165, 1.54) is 6.07 Å². The largest absolute Gasteiger partial charge is 0.388 e. The molecule has 0 radical (unpaired) electrons. The predicted octanol–water partition coefficient (Wildman–Crippen LogP) is 3.65. The van der Waals surface area contributed by atoms with E-state index in [2.05, 4.69) is 22.9 Å². The van der Waals surface area contributed by atoms with Crippen LogP contribution in [0.25, 0.3) is 0 Å². The smallest absolute Gasteiger partial charge is 0.129 e. The van der Waals surface area contributed by atoms with Crippen LogP contribution in [0.1, 0.15) is 30.6 Å². The Hall–Kier alpha value is -0.0600. The highest BCUT2D eigenvalue weighted by Crippen LogP contribution is 2.39. The van der Waals surface area contributed by atoms with Crippen LogP contribution in [0.3, 0.4) is 0 Å². The third-order valence-electron chi connectivity index (χ3n) is 2.65. The molecular weight excluding hydrogens is 279 g/mol. The van der Waals surface area contributed by atoms with Crippen LogP contribution >= 0.6 is 27.7 Å². The fraction of sp³-hybridized carbons (Fsp3) is 0.455. The highest BCUT2D eigenvalue weighted by atomic mass is 79.9. The Labute approximate surface area is 101 Å². The van der Waals surface area contributed by atoms with E-state index in [0.29, 0.717) is 17.2 Å². The molecule has 0 saturated heterocycles. The summed E-state index contributed by atoms with van der Waals surface area (Å²) >= 11 is 5.16. The van der Waals surface area contributed by atoms with Gasteiger partial charge in [0.15, 0.2) is 0 Å². The van der Waals surface area contributed by atoms with Gasteiger partial charge in [0, 0.05) is 21.0 Å². The molecule has 0 saturated carbocycles. The third kappa shape index (κ3) is 2.22. The van der Waals surface area contributed by atoms with Crippen molar-refractivity contribution in [2.45, 2.75) is 30.5 Å². The molecule has 1 heterocycles. The van der Waals surface area contributed by atoms with Crippen LogP contribution in [0.15, 0.2) is 16.6 Å². The first-order valence-electron chi connectivity index (χ1n) is 4.86. The van der Waals surface area contributed by atoms with Gasteiger partial charge >= 0.3 is 0 Å². The molecule has 2 atom stereocenters. The zero-order valence-electron chi connectivity index (χ0n) is 8.34. The van der Waals surface area contributed by atoms with E-state index in [0.717, 1.165) is 15.8 Å². The lowest BCUT2D eigenvalue weighted by molar-refractivity contribution is 0.163. The zero-order chi connectivity index (χ0) is 11.0. The van der Waals surface area contributed by atoms with Crippen molar-refractivity contribution in [3.8, 4) is 0 Å². The highest BCUT2D eigenvalue weighted by molar-refractivity contribution is 9.10. The topological polar surface area (TPSA) is 20.2 Å². The van der Waals surface area contributed by atoms with Crippen LogP contribution in [-0.4, -0.2) is 10.4 Å². The van der Waals surface area contributed by atoms with Crippen LogP contribution in [0.4, 0.5) is 4.39 Å². The molecule has 1 nitrogen and oxygen atoms in total. The third-order valence-corrected chi connectivity index (χ3v) is 4.61. The summed E-state index contributed by atoms with van der Waals surface area (Å²) in [5.41, 5.74) is 1.37. The standard InChI is InChI=1S/C11H12BrFOS/c1-6-4-10(14)11-7(5-15-6)8(12)2-3-9(11)13/h2-3,6,10,14H,4-5H2,1H3. The number of hydrogen-bond donors (Lipinski definition) is 1. The summed E-state index contributed by atoms with van der Waals surface area (Å²) < 4.78 is 14.5. The summed E-state index contributed by atoms with van der Waals surface area (Å²) in [5.74, 6) is 0.460. The number of benzene rings is 1. The number of fused-ring (bicyclic) bond motifs is 1. The Bertz CT molecular complexity index is 383. The Morgan fingerprint density at radius 2 is 2.27 bits per heavy atom. The van der Waals surface area contributed by atoms with Crippen LogP contribution in [0, 0.1) is 5.82 Å². The van der Waals surface area contributed by atoms with E-state index >= 15 is 0 Å². The van der Waals surface area contributed by atoms with Crippen LogP contribution in [0.2, 0.25) is 0 Å². The SMILES string of the molecule is CC1CC(O)c2c(F)ccc(Br)c2CS1. The summed E-state index contributed by atoms with van der Waals surface area (Å²) in [6.45, 7) is 2.06. The average Bonchev–Trinajstić information content (AvgIpc) is 2.32. The molecule has 2 rings (SSSR count). The minimum Gasteiger partial charge on any atom is -0.388 e. The number of halogens is 2. The van der Waals surface area contributed by atoms with Crippen molar-refractivity contribution in [2.75, 3.05) is 0 Å². The van der Waals surface area contributed by atoms with Gasteiger partial charge in [0.1, 0.15) is 5.82 Å². The summed E-state index contributed by atoms with van der Waals surface area (Å²) in [6, 6.07) is 3.12.